The van der Waals surface area contributed by atoms with Crippen LogP contribution < -0.4 is 16.0 Å². The maximum absolute atomic E-state index is 13.8. The number of nitrogens with two attached hydrogens (primary N) is 1. The van der Waals surface area contributed by atoms with Gasteiger partial charge in [0.25, 0.3) is 0 Å². The van der Waals surface area contributed by atoms with Crippen molar-refractivity contribution in [1.29, 1.82) is 0 Å². The normalized spacial score (nSPS) is 16.3. The summed E-state index contributed by atoms with van der Waals surface area (Å²) >= 11 is 0.642. The summed E-state index contributed by atoms with van der Waals surface area (Å²) in [6.07, 6.45) is -2.57. The lowest BCUT2D eigenvalue weighted by Gasteiger charge is -2.34. The van der Waals surface area contributed by atoms with Crippen LogP contribution in [-0.4, -0.2) is 51.8 Å². The number of alkyl halides is 3. The number of carboxylic acids is 1. The Morgan fingerprint density at radius 3 is 2.67 bits per heavy atom. The number of thiophene rings is 1. The van der Waals surface area contributed by atoms with Crippen LogP contribution in [0.25, 0.3) is 10.2 Å². The molecule has 0 aromatic carbocycles. The van der Waals surface area contributed by atoms with E-state index in [2.05, 4.69) is 15.3 Å². The quantitative estimate of drug-likeness (QED) is 0.423. The molecule has 1 unspecified atom stereocenters. The Bertz CT molecular complexity index is 1150. The van der Waals surface area contributed by atoms with Gasteiger partial charge >= 0.3 is 12.1 Å². The van der Waals surface area contributed by atoms with Crippen molar-refractivity contribution in [3.05, 3.63) is 46.6 Å². The monoisotopic (exact) mass is 481 g/mol. The zero-order chi connectivity index (χ0) is 23.8. The topological polar surface area (TPSA) is 125 Å². The Kier molecular flexibility index (Phi) is 6.41. The number of aromatic carboxylic acids is 1. The number of halogens is 3. The number of hydrogen-bond donors (Lipinski definition) is 4. The second kappa shape index (κ2) is 9.12. The molecule has 33 heavy (non-hydrogen) atoms. The molecule has 1 aliphatic rings. The van der Waals surface area contributed by atoms with Crippen molar-refractivity contribution < 1.29 is 28.2 Å². The third kappa shape index (κ3) is 4.87. The number of aliphatic hydroxyl groups excluding tert-OH is 1. The van der Waals surface area contributed by atoms with Gasteiger partial charge < -0.3 is 26.2 Å². The lowest BCUT2D eigenvalue weighted by Crippen LogP contribution is -2.44. The fourth-order valence-corrected chi connectivity index (χ4v) is 4.87. The van der Waals surface area contributed by atoms with Crippen molar-refractivity contribution in [2.45, 2.75) is 31.2 Å². The fourth-order valence-electron chi connectivity index (χ4n) is 3.92. The highest BCUT2D eigenvalue weighted by atomic mass is 32.1. The van der Waals surface area contributed by atoms with Crippen LogP contribution in [0.3, 0.4) is 0 Å². The van der Waals surface area contributed by atoms with Gasteiger partial charge in [0.2, 0.25) is 0 Å². The fraction of sp³-hybridized carbons (Fsp3) is 0.381. The third-order valence-electron chi connectivity index (χ3n) is 5.63. The molecule has 0 amide bonds. The van der Waals surface area contributed by atoms with E-state index in [1.165, 1.54) is 0 Å². The van der Waals surface area contributed by atoms with Crippen LogP contribution in [0.5, 0.6) is 0 Å². The van der Waals surface area contributed by atoms with Crippen LogP contribution in [0.1, 0.15) is 39.9 Å². The third-order valence-corrected chi connectivity index (χ3v) is 6.72. The smallest absolute Gasteiger partial charge is 0.417 e. The van der Waals surface area contributed by atoms with Crippen LogP contribution in [0, 0.1) is 0 Å². The number of piperidine rings is 1. The van der Waals surface area contributed by atoms with E-state index in [0.29, 0.717) is 49.5 Å². The summed E-state index contributed by atoms with van der Waals surface area (Å²) in [5, 5.41) is 22.4. The first-order valence-electron chi connectivity index (χ1n) is 10.3. The molecule has 5 N–H and O–H groups in total. The van der Waals surface area contributed by atoms with Crippen LogP contribution in [0.4, 0.5) is 24.7 Å². The van der Waals surface area contributed by atoms with Crippen molar-refractivity contribution in [3.63, 3.8) is 0 Å². The second-order valence-corrected chi connectivity index (χ2v) is 8.79. The Balaban J connectivity index is 1.48. The van der Waals surface area contributed by atoms with Crippen molar-refractivity contribution in [3.8, 4) is 0 Å². The first kappa shape index (κ1) is 23.2. The van der Waals surface area contributed by atoms with E-state index in [1.807, 2.05) is 0 Å². The molecule has 1 fully saturated rings. The minimum Gasteiger partial charge on any atom is -0.477 e. The number of anilines is 2. The second-order valence-electron chi connectivity index (χ2n) is 7.80. The van der Waals surface area contributed by atoms with Gasteiger partial charge in [0.05, 0.1) is 16.9 Å². The molecule has 0 saturated carbocycles. The average Bonchev–Trinajstić information content (AvgIpc) is 3.14. The summed E-state index contributed by atoms with van der Waals surface area (Å²) < 4.78 is 41.3. The lowest BCUT2D eigenvalue weighted by molar-refractivity contribution is -0.136. The minimum absolute atomic E-state index is 0.0477. The standard InChI is InChI=1S/C21H22F3N5O3S/c22-21(23,24)12-9-15(28-19-16(12)17(25)18(33-19)20(31)32)29-7-4-11(5-8-29)27-10-14(30)13-3-1-2-6-26-13/h1-3,6,9,11,14,27,30H,4-5,7-8,10,25H2,(H,31,32). The van der Waals surface area contributed by atoms with E-state index in [-0.39, 0.29) is 27.0 Å². The number of pyridine rings is 2. The summed E-state index contributed by atoms with van der Waals surface area (Å²) in [4.78, 5) is 21.1. The van der Waals surface area contributed by atoms with E-state index >= 15 is 0 Å². The first-order valence-corrected chi connectivity index (χ1v) is 11.1. The first-order chi connectivity index (χ1) is 15.6. The van der Waals surface area contributed by atoms with Gasteiger partial charge in [-0.2, -0.15) is 13.2 Å². The summed E-state index contributed by atoms with van der Waals surface area (Å²) in [6, 6.07) is 6.32. The molecule has 3 aromatic heterocycles. The summed E-state index contributed by atoms with van der Waals surface area (Å²) in [7, 11) is 0. The molecule has 0 aliphatic carbocycles. The molecule has 4 rings (SSSR count). The zero-order valence-electron chi connectivity index (χ0n) is 17.3. The van der Waals surface area contributed by atoms with Gasteiger partial charge in [-0.05, 0) is 31.0 Å². The molecular weight excluding hydrogens is 459 g/mol. The van der Waals surface area contributed by atoms with Gasteiger partial charge in [0.1, 0.15) is 21.6 Å². The van der Waals surface area contributed by atoms with Crippen LogP contribution >= 0.6 is 11.3 Å². The van der Waals surface area contributed by atoms with Gasteiger partial charge in [-0.15, -0.1) is 11.3 Å². The Hall–Kier alpha value is -2.96. The molecule has 12 heteroatoms. The molecule has 3 aromatic rings. The molecule has 0 spiro atoms. The van der Waals surface area contributed by atoms with E-state index in [4.69, 9.17) is 5.73 Å². The van der Waals surface area contributed by atoms with Crippen molar-refractivity contribution in [2.24, 2.45) is 0 Å². The van der Waals surface area contributed by atoms with Gasteiger partial charge in [-0.25, -0.2) is 9.78 Å². The predicted octanol–water partition coefficient (Wildman–Crippen LogP) is 3.28. The van der Waals surface area contributed by atoms with Crippen molar-refractivity contribution >= 4 is 39.0 Å². The number of aliphatic hydroxyl groups is 1. The number of nitrogen functional groups attached to an aromatic ring is 1. The highest BCUT2D eigenvalue weighted by Gasteiger charge is 2.37. The number of hydrogen-bond acceptors (Lipinski definition) is 8. The van der Waals surface area contributed by atoms with E-state index in [1.54, 1.807) is 29.3 Å². The summed E-state index contributed by atoms with van der Waals surface area (Å²) in [5.74, 6) is -1.25. The van der Waals surface area contributed by atoms with E-state index < -0.39 is 29.5 Å². The zero-order valence-corrected chi connectivity index (χ0v) is 18.2. The number of nitrogens with one attached hydrogen (secondary N) is 1. The highest BCUT2D eigenvalue weighted by Crippen LogP contribution is 2.43. The van der Waals surface area contributed by atoms with Gasteiger partial charge in [0, 0.05) is 37.3 Å². The van der Waals surface area contributed by atoms with Gasteiger partial charge in [-0.3, -0.25) is 4.98 Å². The van der Waals surface area contributed by atoms with Crippen molar-refractivity contribution in [2.75, 3.05) is 30.3 Å². The largest absolute Gasteiger partial charge is 0.477 e. The average molecular weight is 482 g/mol. The van der Waals surface area contributed by atoms with Gasteiger partial charge in [0.15, 0.2) is 0 Å². The van der Waals surface area contributed by atoms with Gasteiger partial charge in [-0.1, -0.05) is 6.07 Å². The Morgan fingerprint density at radius 2 is 2.06 bits per heavy atom. The number of fused-ring (bicyclic) bond motifs is 1. The minimum atomic E-state index is -4.71. The van der Waals surface area contributed by atoms with Crippen LogP contribution in [-0.2, 0) is 6.18 Å². The molecule has 4 heterocycles. The number of nitrogens with zero attached hydrogens (tertiary/aromatic N) is 3. The molecule has 176 valence electrons. The number of aromatic nitrogens is 2. The number of rotatable bonds is 6. The molecule has 0 radical (unpaired) electrons. The molecule has 8 nitrogen and oxygen atoms in total. The Morgan fingerprint density at radius 1 is 1.33 bits per heavy atom. The molecular formula is C21H22F3N5O3S. The van der Waals surface area contributed by atoms with E-state index in [9.17, 15) is 28.2 Å². The molecule has 1 atom stereocenters. The molecule has 1 aliphatic heterocycles. The molecule has 1 saturated heterocycles. The maximum atomic E-state index is 13.8. The SMILES string of the molecule is Nc1c(C(=O)O)sc2nc(N3CCC(NCC(O)c4ccccn4)CC3)cc(C(F)(F)F)c12. The van der Waals surface area contributed by atoms with Crippen LogP contribution in [0.15, 0.2) is 30.5 Å². The maximum Gasteiger partial charge on any atom is 0.417 e. The van der Waals surface area contributed by atoms with Crippen LogP contribution in [0.2, 0.25) is 0 Å². The number of carboxylic acid groups (broad SMARTS) is 1. The lowest BCUT2D eigenvalue weighted by atomic mass is 10.0. The van der Waals surface area contributed by atoms with Crippen molar-refractivity contribution in [1.82, 2.24) is 15.3 Å². The van der Waals surface area contributed by atoms with E-state index in [0.717, 1.165) is 6.07 Å². The summed E-state index contributed by atoms with van der Waals surface area (Å²) in [5.41, 5.74) is 4.89. The number of carbonyl (C=O) groups is 1. The Labute approximate surface area is 190 Å². The highest BCUT2D eigenvalue weighted by molar-refractivity contribution is 7.21. The summed E-state index contributed by atoms with van der Waals surface area (Å²) in [6.45, 7) is 1.23. The predicted molar refractivity (Wildman–Crippen MR) is 118 cm³/mol. The molecule has 0 bridgehead atoms.